The van der Waals surface area contributed by atoms with Crippen molar-refractivity contribution in [2.24, 2.45) is 0 Å². The van der Waals surface area contributed by atoms with E-state index in [1.807, 2.05) is 0 Å². The fourth-order valence-electron chi connectivity index (χ4n) is 0.541. The van der Waals surface area contributed by atoms with E-state index in [0.29, 0.717) is 12.8 Å². The lowest BCUT2D eigenvalue weighted by Crippen LogP contribution is -1.85. The number of halogens is 1. The Hall–Kier alpha value is -0.860. The van der Waals surface area contributed by atoms with E-state index in [0.717, 1.165) is 12.5 Å². The van der Waals surface area contributed by atoms with Gasteiger partial charge in [-0.2, -0.15) is 0 Å². The summed E-state index contributed by atoms with van der Waals surface area (Å²) in [6, 6.07) is 0. The molecule has 0 bridgehead atoms. The molecule has 0 aromatic carbocycles. The molecule has 58 valence electrons. The Bertz CT molecular complexity index is 121. The van der Waals surface area contributed by atoms with Crippen LogP contribution in [0.15, 0.2) is 12.2 Å². The second-order valence-corrected chi connectivity index (χ2v) is 1.93. The lowest BCUT2D eigenvalue weighted by atomic mass is 10.2. The van der Waals surface area contributed by atoms with Crippen molar-refractivity contribution < 1.29 is 14.3 Å². The predicted molar refractivity (Wildman–Crippen MR) is 36.6 cm³/mol. The molecule has 3 heteroatoms. The van der Waals surface area contributed by atoms with Crippen molar-refractivity contribution >= 4 is 5.97 Å². The topological polar surface area (TPSA) is 37.3 Å². The van der Waals surface area contributed by atoms with E-state index in [9.17, 15) is 9.18 Å². The van der Waals surface area contributed by atoms with Crippen molar-refractivity contribution in [3.05, 3.63) is 12.2 Å². The zero-order chi connectivity index (χ0) is 7.82. The fourth-order valence-corrected chi connectivity index (χ4v) is 0.541. The number of alkyl halides is 1. The van der Waals surface area contributed by atoms with Gasteiger partial charge in [0.15, 0.2) is 0 Å². The fraction of sp³-hybridized carbons (Fsp3) is 0.571. The molecule has 0 saturated carbocycles. The monoisotopic (exact) mass is 146 g/mol. The highest BCUT2D eigenvalue weighted by atomic mass is 19.1. The van der Waals surface area contributed by atoms with Gasteiger partial charge < -0.3 is 5.11 Å². The SMILES string of the molecule is O=C(O)/C=C/CCCCF. The molecule has 0 radical (unpaired) electrons. The van der Waals surface area contributed by atoms with Crippen LogP contribution in [0.4, 0.5) is 4.39 Å². The van der Waals surface area contributed by atoms with Crippen LogP contribution < -0.4 is 0 Å². The number of carboxylic acids is 1. The van der Waals surface area contributed by atoms with Crippen LogP contribution >= 0.6 is 0 Å². The molecule has 0 aliphatic carbocycles. The quantitative estimate of drug-likeness (QED) is 0.474. The minimum atomic E-state index is -0.944. The number of unbranched alkanes of at least 4 members (excludes halogenated alkanes) is 2. The van der Waals surface area contributed by atoms with Crippen molar-refractivity contribution in [1.29, 1.82) is 0 Å². The molecule has 0 saturated heterocycles. The van der Waals surface area contributed by atoms with E-state index >= 15 is 0 Å². The number of aliphatic carboxylic acids is 1. The highest BCUT2D eigenvalue weighted by molar-refractivity contribution is 5.79. The maximum absolute atomic E-state index is 11.4. The van der Waals surface area contributed by atoms with Crippen molar-refractivity contribution in [2.75, 3.05) is 6.67 Å². The molecule has 0 fully saturated rings. The van der Waals surface area contributed by atoms with Gasteiger partial charge in [0, 0.05) is 6.08 Å². The van der Waals surface area contributed by atoms with Gasteiger partial charge in [0.2, 0.25) is 0 Å². The smallest absolute Gasteiger partial charge is 0.327 e. The highest BCUT2D eigenvalue weighted by Gasteiger charge is 1.85. The summed E-state index contributed by atoms with van der Waals surface area (Å²) in [6.07, 6.45) is 4.51. The Labute approximate surface area is 59.4 Å². The van der Waals surface area contributed by atoms with Crippen molar-refractivity contribution in [3.63, 3.8) is 0 Å². The molecule has 0 aromatic heterocycles. The lowest BCUT2D eigenvalue weighted by Gasteiger charge is -1.87. The second kappa shape index (κ2) is 6.26. The van der Waals surface area contributed by atoms with Gasteiger partial charge in [-0.3, -0.25) is 4.39 Å². The van der Waals surface area contributed by atoms with Crippen LogP contribution in [0.1, 0.15) is 19.3 Å². The number of rotatable bonds is 5. The Morgan fingerprint density at radius 3 is 2.70 bits per heavy atom. The van der Waals surface area contributed by atoms with Crippen LogP contribution in [-0.2, 0) is 4.79 Å². The van der Waals surface area contributed by atoms with Gasteiger partial charge in [-0.1, -0.05) is 6.08 Å². The lowest BCUT2D eigenvalue weighted by molar-refractivity contribution is -0.131. The molecule has 0 spiro atoms. The molecule has 10 heavy (non-hydrogen) atoms. The molecule has 0 amide bonds. The molecule has 0 rings (SSSR count). The Morgan fingerprint density at radius 1 is 1.50 bits per heavy atom. The molecule has 0 heterocycles. The third-order valence-corrected chi connectivity index (χ3v) is 1.01. The molecule has 2 nitrogen and oxygen atoms in total. The maximum Gasteiger partial charge on any atom is 0.327 e. The average molecular weight is 146 g/mol. The first-order valence-electron chi connectivity index (χ1n) is 3.23. The Kier molecular flexibility index (Phi) is 5.72. The normalized spacial score (nSPS) is 10.5. The van der Waals surface area contributed by atoms with Gasteiger partial charge in [0.1, 0.15) is 0 Å². The van der Waals surface area contributed by atoms with Crippen LogP contribution in [0, 0.1) is 0 Å². The van der Waals surface area contributed by atoms with E-state index in [1.54, 1.807) is 0 Å². The third-order valence-electron chi connectivity index (χ3n) is 1.01. The van der Waals surface area contributed by atoms with Crippen molar-refractivity contribution in [1.82, 2.24) is 0 Å². The van der Waals surface area contributed by atoms with Gasteiger partial charge >= 0.3 is 5.97 Å². The first kappa shape index (κ1) is 9.14. The van der Waals surface area contributed by atoms with Gasteiger partial charge in [0.05, 0.1) is 6.67 Å². The maximum atomic E-state index is 11.4. The van der Waals surface area contributed by atoms with E-state index < -0.39 is 5.97 Å². The van der Waals surface area contributed by atoms with Crippen LogP contribution in [0.25, 0.3) is 0 Å². The summed E-state index contributed by atoms with van der Waals surface area (Å²) in [5.74, 6) is -0.944. The summed E-state index contributed by atoms with van der Waals surface area (Å²) < 4.78 is 11.4. The Balaban J connectivity index is 3.10. The largest absolute Gasteiger partial charge is 0.478 e. The van der Waals surface area contributed by atoms with Crippen LogP contribution in [0.3, 0.4) is 0 Å². The Morgan fingerprint density at radius 2 is 2.20 bits per heavy atom. The van der Waals surface area contributed by atoms with Gasteiger partial charge in [-0.05, 0) is 19.3 Å². The van der Waals surface area contributed by atoms with Crippen LogP contribution in [-0.4, -0.2) is 17.8 Å². The minimum absolute atomic E-state index is 0.319. The molecule has 0 unspecified atom stereocenters. The van der Waals surface area contributed by atoms with Crippen molar-refractivity contribution in [2.45, 2.75) is 19.3 Å². The molecule has 0 aliphatic rings. The average Bonchev–Trinajstić information content (AvgIpc) is 1.87. The van der Waals surface area contributed by atoms with E-state index in [2.05, 4.69) is 0 Å². The predicted octanol–water partition coefficient (Wildman–Crippen LogP) is 1.77. The molecular weight excluding hydrogens is 135 g/mol. The van der Waals surface area contributed by atoms with Gasteiger partial charge in [-0.25, -0.2) is 4.79 Å². The van der Waals surface area contributed by atoms with E-state index in [4.69, 9.17) is 5.11 Å². The summed E-state index contributed by atoms with van der Waals surface area (Å²) in [7, 11) is 0. The summed E-state index contributed by atoms with van der Waals surface area (Å²) in [5.41, 5.74) is 0. The zero-order valence-corrected chi connectivity index (χ0v) is 5.72. The van der Waals surface area contributed by atoms with E-state index in [1.165, 1.54) is 6.08 Å². The number of hydrogen-bond acceptors (Lipinski definition) is 1. The molecule has 0 aliphatic heterocycles. The van der Waals surface area contributed by atoms with Crippen LogP contribution in [0.2, 0.25) is 0 Å². The summed E-state index contributed by atoms with van der Waals surface area (Å²) in [4.78, 5) is 9.87. The van der Waals surface area contributed by atoms with Gasteiger partial charge in [-0.15, -0.1) is 0 Å². The second-order valence-electron chi connectivity index (χ2n) is 1.93. The number of allylic oxidation sites excluding steroid dienone is 1. The van der Waals surface area contributed by atoms with Gasteiger partial charge in [0.25, 0.3) is 0 Å². The summed E-state index contributed by atoms with van der Waals surface area (Å²) in [5, 5.41) is 8.11. The number of carboxylic acid groups (broad SMARTS) is 1. The number of carbonyl (C=O) groups is 1. The standard InChI is InChI=1S/C7H11FO2/c8-6-4-2-1-3-5-7(9)10/h3,5H,1-2,4,6H2,(H,9,10)/b5-3+. The minimum Gasteiger partial charge on any atom is -0.478 e. The molecule has 0 aromatic rings. The summed E-state index contributed by atoms with van der Waals surface area (Å²) >= 11 is 0. The summed E-state index contributed by atoms with van der Waals surface area (Å²) in [6.45, 7) is -0.319. The highest BCUT2D eigenvalue weighted by Crippen LogP contribution is 1.96. The first-order chi connectivity index (χ1) is 4.77. The molecular formula is C7H11FO2. The third kappa shape index (κ3) is 7.14. The molecule has 0 atom stereocenters. The van der Waals surface area contributed by atoms with E-state index in [-0.39, 0.29) is 6.67 Å². The molecule has 1 N–H and O–H groups in total. The zero-order valence-electron chi connectivity index (χ0n) is 5.72. The van der Waals surface area contributed by atoms with Crippen molar-refractivity contribution in [3.8, 4) is 0 Å². The van der Waals surface area contributed by atoms with Crippen LogP contribution in [0.5, 0.6) is 0 Å². The first-order valence-corrected chi connectivity index (χ1v) is 3.23. The number of hydrogen-bond donors (Lipinski definition) is 1.